The molecule has 0 spiro atoms. The minimum atomic E-state index is -3.88. The van der Waals surface area contributed by atoms with Crippen molar-refractivity contribution in [3.8, 4) is 5.75 Å². The predicted octanol–water partition coefficient (Wildman–Crippen LogP) is 4.29. The summed E-state index contributed by atoms with van der Waals surface area (Å²) >= 11 is 1.28. The summed E-state index contributed by atoms with van der Waals surface area (Å²) in [6, 6.07) is 12.4. The van der Waals surface area contributed by atoms with Crippen LogP contribution in [0.3, 0.4) is 0 Å². The van der Waals surface area contributed by atoms with E-state index in [2.05, 4.69) is 20.2 Å². The second-order valence-corrected chi connectivity index (χ2v) is 10.4. The first-order chi connectivity index (χ1) is 14.6. The van der Waals surface area contributed by atoms with E-state index in [1.54, 1.807) is 24.3 Å². The number of carbonyl (C=O) groups excluding carboxylic acids is 1. The van der Waals surface area contributed by atoms with E-state index in [-0.39, 0.29) is 15.9 Å². The molecule has 0 unspecified atom stereocenters. The quantitative estimate of drug-likeness (QED) is 0.544. The second-order valence-electron chi connectivity index (χ2n) is 7.71. The Morgan fingerprint density at radius 2 is 1.81 bits per heavy atom. The van der Waals surface area contributed by atoms with Gasteiger partial charge in [0.15, 0.2) is 0 Å². The van der Waals surface area contributed by atoms with E-state index in [1.807, 2.05) is 27.7 Å². The molecule has 0 aliphatic carbocycles. The molecule has 1 amide bonds. The number of anilines is 2. The number of nitrogens with zero attached hydrogens (tertiary/aromatic N) is 2. The molecule has 0 bridgehead atoms. The number of carbonyl (C=O) groups is 1. The first-order valence-electron chi connectivity index (χ1n) is 9.59. The fraction of sp³-hybridized carbons (Fsp3) is 0.286. The standard InChI is InChI=1S/C21H24N4O4S2/c1-5-29-16-11-9-15(10-12-16)25-31(27,28)17-8-6-7-14(13-17)18(26)22-20-24-23-19(30-20)21(2,3)4/h6-13,25H,5H2,1-4H3,(H,22,24,26). The first-order valence-corrected chi connectivity index (χ1v) is 11.9. The van der Waals surface area contributed by atoms with Gasteiger partial charge in [0.1, 0.15) is 10.8 Å². The van der Waals surface area contributed by atoms with Crippen LogP contribution in [-0.4, -0.2) is 31.1 Å². The van der Waals surface area contributed by atoms with E-state index in [0.29, 0.717) is 23.2 Å². The number of ether oxygens (including phenoxy) is 1. The van der Waals surface area contributed by atoms with Crippen LogP contribution in [0, 0.1) is 0 Å². The summed E-state index contributed by atoms with van der Waals surface area (Å²) < 4.78 is 33.4. The van der Waals surface area contributed by atoms with Crippen LogP contribution < -0.4 is 14.8 Å². The zero-order valence-electron chi connectivity index (χ0n) is 17.7. The molecule has 2 aromatic carbocycles. The maximum Gasteiger partial charge on any atom is 0.261 e. The van der Waals surface area contributed by atoms with Gasteiger partial charge in [-0.3, -0.25) is 14.8 Å². The number of sulfonamides is 1. The summed E-state index contributed by atoms with van der Waals surface area (Å²) in [5.41, 5.74) is 0.408. The van der Waals surface area contributed by atoms with Crippen molar-refractivity contribution in [1.29, 1.82) is 0 Å². The molecule has 1 aromatic heterocycles. The SMILES string of the molecule is CCOc1ccc(NS(=O)(=O)c2cccc(C(=O)Nc3nnc(C(C)(C)C)s3)c2)cc1. The third-order valence-corrected chi connectivity index (χ3v) is 6.75. The molecule has 0 aliphatic rings. The number of rotatable bonds is 7. The van der Waals surface area contributed by atoms with Gasteiger partial charge in [0.25, 0.3) is 15.9 Å². The summed E-state index contributed by atoms with van der Waals surface area (Å²) in [5, 5.41) is 11.9. The Morgan fingerprint density at radius 3 is 2.42 bits per heavy atom. The van der Waals surface area contributed by atoms with Crippen LogP contribution in [0.25, 0.3) is 0 Å². The summed E-state index contributed by atoms with van der Waals surface area (Å²) in [5.74, 6) is 0.185. The maximum absolute atomic E-state index is 12.8. The molecular weight excluding hydrogens is 436 g/mol. The Hall–Kier alpha value is -2.98. The second kappa shape index (κ2) is 9.03. The lowest BCUT2D eigenvalue weighted by Gasteiger charge is -2.12. The predicted molar refractivity (Wildman–Crippen MR) is 121 cm³/mol. The van der Waals surface area contributed by atoms with Gasteiger partial charge in [0.2, 0.25) is 5.13 Å². The highest BCUT2D eigenvalue weighted by molar-refractivity contribution is 7.92. The van der Waals surface area contributed by atoms with Crippen LogP contribution in [0.4, 0.5) is 10.8 Å². The fourth-order valence-electron chi connectivity index (χ4n) is 2.55. The Kier molecular flexibility index (Phi) is 6.61. The minimum Gasteiger partial charge on any atom is -0.494 e. The summed E-state index contributed by atoms with van der Waals surface area (Å²) in [7, 11) is -3.88. The third-order valence-electron chi connectivity index (χ3n) is 4.11. The third kappa shape index (κ3) is 5.80. The fourth-order valence-corrected chi connectivity index (χ4v) is 4.45. The summed E-state index contributed by atoms with van der Waals surface area (Å²) in [6.07, 6.45) is 0. The van der Waals surface area contributed by atoms with Gasteiger partial charge in [0.05, 0.1) is 11.5 Å². The van der Waals surface area contributed by atoms with Gasteiger partial charge in [-0.2, -0.15) is 0 Å². The van der Waals surface area contributed by atoms with Gasteiger partial charge < -0.3 is 4.74 Å². The molecule has 3 aromatic rings. The Morgan fingerprint density at radius 1 is 1.10 bits per heavy atom. The van der Waals surface area contributed by atoms with E-state index >= 15 is 0 Å². The highest BCUT2D eigenvalue weighted by Gasteiger charge is 2.21. The molecule has 0 radical (unpaired) electrons. The summed E-state index contributed by atoms with van der Waals surface area (Å²) in [4.78, 5) is 12.6. The van der Waals surface area contributed by atoms with E-state index < -0.39 is 15.9 Å². The van der Waals surface area contributed by atoms with Crippen molar-refractivity contribution in [3.05, 3.63) is 59.1 Å². The molecule has 0 saturated carbocycles. The average Bonchev–Trinajstić information content (AvgIpc) is 3.19. The molecule has 164 valence electrons. The van der Waals surface area contributed by atoms with Gasteiger partial charge >= 0.3 is 0 Å². The zero-order chi connectivity index (χ0) is 22.6. The molecular formula is C21H24N4O4S2. The van der Waals surface area contributed by atoms with Crippen LogP contribution in [-0.2, 0) is 15.4 Å². The van der Waals surface area contributed by atoms with E-state index in [0.717, 1.165) is 5.01 Å². The number of aromatic nitrogens is 2. The molecule has 0 atom stereocenters. The van der Waals surface area contributed by atoms with Crippen molar-refractivity contribution in [2.75, 3.05) is 16.6 Å². The molecule has 3 rings (SSSR count). The molecule has 0 saturated heterocycles. The highest BCUT2D eigenvalue weighted by atomic mass is 32.2. The Balaban J connectivity index is 1.75. The van der Waals surface area contributed by atoms with Crippen molar-refractivity contribution in [2.45, 2.75) is 38.0 Å². The van der Waals surface area contributed by atoms with Crippen molar-refractivity contribution in [2.24, 2.45) is 0 Å². The van der Waals surface area contributed by atoms with E-state index in [1.165, 1.54) is 35.6 Å². The topological polar surface area (TPSA) is 110 Å². The molecule has 31 heavy (non-hydrogen) atoms. The van der Waals surface area contributed by atoms with Gasteiger partial charge in [-0.15, -0.1) is 10.2 Å². The van der Waals surface area contributed by atoms with Crippen molar-refractivity contribution < 1.29 is 17.9 Å². The van der Waals surface area contributed by atoms with Gasteiger partial charge in [-0.1, -0.05) is 38.2 Å². The number of amides is 1. The molecule has 1 heterocycles. The van der Waals surface area contributed by atoms with Gasteiger partial charge in [0, 0.05) is 16.7 Å². The highest BCUT2D eigenvalue weighted by Crippen LogP contribution is 2.28. The lowest BCUT2D eigenvalue weighted by atomic mass is 9.98. The Bertz CT molecular complexity index is 1170. The minimum absolute atomic E-state index is 0.0262. The van der Waals surface area contributed by atoms with Crippen molar-refractivity contribution in [3.63, 3.8) is 0 Å². The van der Waals surface area contributed by atoms with Crippen LogP contribution in [0.15, 0.2) is 53.4 Å². The van der Waals surface area contributed by atoms with Crippen molar-refractivity contribution >= 4 is 38.1 Å². The lowest BCUT2D eigenvalue weighted by molar-refractivity contribution is 0.102. The number of hydrogen-bond acceptors (Lipinski definition) is 7. The smallest absolute Gasteiger partial charge is 0.261 e. The van der Waals surface area contributed by atoms with Crippen LogP contribution in [0.2, 0.25) is 0 Å². The van der Waals surface area contributed by atoms with Crippen LogP contribution in [0.5, 0.6) is 5.75 Å². The van der Waals surface area contributed by atoms with Crippen molar-refractivity contribution in [1.82, 2.24) is 10.2 Å². The Labute approximate surface area is 185 Å². The number of benzene rings is 2. The maximum atomic E-state index is 12.8. The lowest BCUT2D eigenvalue weighted by Crippen LogP contribution is -2.16. The average molecular weight is 461 g/mol. The van der Waals surface area contributed by atoms with Crippen LogP contribution >= 0.6 is 11.3 Å². The summed E-state index contributed by atoms with van der Waals surface area (Å²) in [6.45, 7) is 8.41. The number of nitrogens with one attached hydrogen (secondary N) is 2. The molecule has 0 fully saturated rings. The molecule has 2 N–H and O–H groups in total. The monoisotopic (exact) mass is 460 g/mol. The molecule has 10 heteroatoms. The van der Waals surface area contributed by atoms with Gasteiger partial charge in [-0.25, -0.2) is 8.42 Å². The number of hydrogen-bond donors (Lipinski definition) is 2. The van der Waals surface area contributed by atoms with Gasteiger partial charge in [-0.05, 0) is 49.4 Å². The first kappa shape index (κ1) is 22.7. The largest absolute Gasteiger partial charge is 0.494 e. The zero-order valence-corrected chi connectivity index (χ0v) is 19.3. The van der Waals surface area contributed by atoms with E-state index in [4.69, 9.17) is 4.74 Å². The van der Waals surface area contributed by atoms with Crippen LogP contribution in [0.1, 0.15) is 43.1 Å². The van der Waals surface area contributed by atoms with E-state index in [9.17, 15) is 13.2 Å². The molecule has 0 aliphatic heterocycles. The normalized spacial score (nSPS) is 11.7. The molecule has 8 nitrogen and oxygen atoms in total.